The van der Waals surface area contributed by atoms with Crippen LogP contribution in [0.1, 0.15) is 13.8 Å². The van der Waals surface area contributed by atoms with Crippen molar-refractivity contribution in [1.29, 1.82) is 0 Å². The third kappa shape index (κ3) is 17.8. The molecule has 9 heavy (non-hydrogen) atoms. The van der Waals surface area contributed by atoms with Gasteiger partial charge in [-0.15, -0.1) is 0 Å². The average Bonchev–Trinajstić information content (AvgIpc) is 1.27. The van der Waals surface area contributed by atoms with E-state index in [0.717, 1.165) is 0 Å². The van der Waals surface area contributed by atoms with Gasteiger partial charge in [0.25, 0.3) is 0 Å². The molecule has 0 atom stereocenters. The van der Waals surface area contributed by atoms with Gasteiger partial charge in [0.2, 0.25) is 0 Å². The molecular formula is C4H9CaKO3. The predicted octanol–water partition coefficient (Wildman–Crippen LogP) is -1.47. The summed E-state index contributed by atoms with van der Waals surface area (Å²) in [5.41, 5.74) is 0. The van der Waals surface area contributed by atoms with Crippen molar-refractivity contribution in [1.82, 2.24) is 0 Å². The first-order valence-corrected chi connectivity index (χ1v) is 1.82. The number of hydrogen-bond donors (Lipinski definition) is 0. The Morgan fingerprint density at radius 2 is 1.33 bits per heavy atom. The summed E-state index contributed by atoms with van der Waals surface area (Å²) >= 11 is 0. The van der Waals surface area contributed by atoms with Gasteiger partial charge >= 0.3 is 101 Å². The van der Waals surface area contributed by atoms with Crippen molar-refractivity contribution in [2.75, 3.05) is 0 Å². The zero-order valence-corrected chi connectivity index (χ0v) is 4.22. The molecule has 0 unspecified atom stereocenters. The molecule has 0 aromatic heterocycles. The van der Waals surface area contributed by atoms with E-state index in [1.807, 2.05) is 0 Å². The van der Waals surface area contributed by atoms with Crippen molar-refractivity contribution in [3.63, 3.8) is 0 Å². The van der Waals surface area contributed by atoms with Crippen LogP contribution in [0.4, 0.5) is 0 Å². The van der Waals surface area contributed by atoms with Crippen LogP contribution in [0, 0.1) is 0 Å². The predicted molar refractivity (Wildman–Crippen MR) is 38.1 cm³/mol. The summed E-state index contributed by atoms with van der Waals surface area (Å²) in [5, 5.41) is 0. The van der Waals surface area contributed by atoms with Gasteiger partial charge < -0.3 is 4.74 Å². The van der Waals surface area contributed by atoms with Gasteiger partial charge in [-0.1, -0.05) is 0 Å². The minimum atomic E-state index is -0.562. The molecule has 0 spiro atoms. The van der Waals surface area contributed by atoms with Crippen molar-refractivity contribution in [3.05, 3.63) is 0 Å². The van der Waals surface area contributed by atoms with Gasteiger partial charge in [0.15, 0.2) is 0 Å². The number of hydrogen-bond acceptors (Lipinski definition) is 3. The standard InChI is InChI=1S/C4H6O3.Ca.K.3H/c1-3(5)7-4(2)6;;;;;/h1-2H3;;;;;. The Morgan fingerprint density at radius 1 is 1.11 bits per heavy atom. The molecule has 0 radical (unpaired) electrons. The first-order valence-electron chi connectivity index (χ1n) is 1.82. The molecule has 0 aromatic rings. The Kier molecular flexibility index (Phi) is 19.2. The first-order chi connectivity index (χ1) is 3.13. The minimum absolute atomic E-state index is 0. The molecule has 0 aliphatic carbocycles. The van der Waals surface area contributed by atoms with Crippen LogP contribution in [-0.4, -0.2) is 101 Å². The van der Waals surface area contributed by atoms with E-state index in [1.54, 1.807) is 0 Å². The molecule has 0 rings (SSSR count). The van der Waals surface area contributed by atoms with Crippen LogP contribution in [0.3, 0.4) is 0 Å². The summed E-state index contributed by atoms with van der Waals surface area (Å²) in [6.45, 7) is 2.36. The van der Waals surface area contributed by atoms with Gasteiger partial charge in [-0.2, -0.15) is 0 Å². The monoisotopic (exact) mass is 184 g/mol. The van der Waals surface area contributed by atoms with Crippen molar-refractivity contribution in [2.24, 2.45) is 0 Å². The molecule has 0 amide bonds. The van der Waals surface area contributed by atoms with Crippen LogP contribution < -0.4 is 0 Å². The molecule has 0 saturated carbocycles. The van der Waals surface area contributed by atoms with Crippen LogP contribution in [-0.2, 0) is 14.3 Å². The number of ether oxygens (including phenoxy) is 1. The van der Waals surface area contributed by atoms with E-state index < -0.39 is 11.9 Å². The number of rotatable bonds is 0. The number of esters is 2. The second-order valence-corrected chi connectivity index (χ2v) is 1.09. The van der Waals surface area contributed by atoms with Gasteiger partial charge in [-0.25, -0.2) is 0 Å². The maximum atomic E-state index is 9.81. The van der Waals surface area contributed by atoms with Crippen LogP contribution in [0.15, 0.2) is 0 Å². The summed E-state index contributed by atoms with van der Waals surface area (Å²) in [6, 6.07) is 0. The normalized spacial score (nSPS) is 6.00. The maximum absolute atomic E-state index is 9.81. The second-order valence-electron chi connectivity index (χ2n) is 1.09. The summed E-state index contributed by atoms with van der Waals surface area (Å²) in [6.07, 6.45) is 0. The van der Waals surface area contributed by atoms with E-state index >= 15 is 0 Å². The number of carbonyl (C=O) groups is 2. The topological polar surface area (TPSA) is 43.4 Å². The molecule has 0 aromatic carbocycles. The van der Waals surface area contributed by atoms with Crippen molar-refractivity contribution in [2.45, 2.75) is 13.8 Å². The number of carbonyl (C=O) groups excluding carboxylic acids is 2. The van der Waals surface area contributed by atoms with Crippen LogP contribution in [0.2, 0.25) is 0 Å². The Bertz CT molecular complexity index is 92.0. The molecule has 0 bridgehead atoms. The van der Waals surface area contributed by atoms with Gasteiger partial charge in [-0.05, 0) is 0 Å². The summed E-state index contributed by atoms with van der Waals surface area (Å²) in [5.74, 6) is -1.12. The second kappa shape index (κ2) is 10.0. The fraction of sp³-hybridized carbons (Fsp3) is 0.500. The fourth-order valence-corrected chi connectivity index (χ4v) is 0.202. The van der Waals surface area contributed by atoms with Crippen molar-refractivity contribution < 1.29 is 14.3 Å². The van der Waals surface area contributed by atoms with Gasteiger partial charge in [0.1, 0.15) is 0 Å². The van der Waals surface area contributed by atoms with Gasteiger partial charge in [0, 0.05) is 13.8 Å². The van der Waals surface area contributed by atoms with Crippen molar-refractivity contribution >= 4 is 101 Å². The Hall–Kier alpha value is 2.04. The molecule has 0 saturated heterocycles. The van der Waals surface area contributed by atoms with Crippen molar-refractivity contribution in [3.8, 4) is 0 Å². The summed E-state index contributed by atoms with van der Waals surface area (Å²) < 4.78 is 3.97. The average molecular weight is 184 g/mol. The Morgan fingerprint density at radius 3 is 1.33 bits per heavy atom. The summed E-state index contributed by atoms with van der Waals surface area (Å²) in [4.78, 5) is 19.6. The third-order valence-corrected chi connectivity index (χ3v) is 0.287. The molecule has 0 fully saturated rings. The molecule has 0 aliphatic rings. The van der Waals surface area contributed by atoms with Gasteiger partial charge in [-0.3, -0.25) is 9.59 Å². The van der Waals surface area contributed by atoms with E-state index in [9.17, 15) is 9.59 Å². The quantitative estimate of drug-likeness (QED) is 0.262. The SMILES string of the molecule is CC(=O)OC(C)=O.[CaH2].[KH]. The van der Waals surface area contributed by atoms with Crippen LogP contribution >= 0.6 is 0 Å². The van der Waals surface area contributed by atoms with E-state index in [1.165, 1.54) is 13.8 Å². The molecule has 5 heteroatoms. The van der Waals surface area contributed by atoms with Crippen LogP contribution in [0.25, 0.3) is 0 Å². The van der Waals surface area contributed by atoms with E-state index in [2.05, 4.69) is 4.74 Å². The first kappa shape index (κ1) is 17.2. The molecule has 3 nitrogen and oxygen atoms in total. The van der Waals surface area contributed by atoms with Crippen LogP contribution in [0.5, 0.6) is 0 Å². The summed E-state index contributed by atoms with van der Waals surface area (Å²) in [7, 11) is 0. The van der Waals surface area contributed by atoms with E-state index in [4.69, 9.17) is 0 Å². The molecular weight excluding hydrogens is 175 g/mol. The van der Waals surface area contributed by atoms with E-state index in [-0.39, 0.29) is 89.1 Å². The molecule has 46 valence electrons. The fourth-order valence-electron chi connectivity index (χ4n) is 0.202. The molecule has 0 aliphatic heterocycles. The zero-order valence-electron chi connectivity index (χ0n) is 4.22. The van der Waals surface area contributed by atoms with Gasteiger partial charge in [0.05, 0.1) is 0 Å². The van der Waals surface area contributed by atoms with E-state index in [0.29, 0.717) is 0 Å². The Balaban J connectivity index is -0.000000180. The molecule has 0 N–H and O–H groups in total. The molecule has 0 heterocycles. The Labute approximate surface area is 126 Å². The zero-order chi connectivity index (χ0) is 5.86. The third-order valence-electron chi connectivity index (χ3n) is 0.287.